The first kappa shape index (κ1) is 30.6. The number of benzene rings is 7. The monoisotopic (exact) mass is 687 g/mol. The molecular weight excluding hydrogens is 655 g/mol. The molecule has 0 amide bonds. The van der Waals surface area contributed by atoms with E-state index >= 15 is 0 Å². The maximum absolute atomic E-state index is 5.50. The summed E-state index contributed by atoms with van der Waals surface area (Å²) >= 11 is 0. The highest BCUT2D eigenvalue weighted by Crippen LogP contribution is 2.50. The van der Waals surface area contributed by atoms with Crippen LogP contribution >= 0.6 is 0 Å². The molecule has 2 aliphatic carbocycles. The second-order valence-corrected chi connectivity index (χ2v) is 14.3. The lowest BCUT2D eigenvalue weighted by molar-refractivity contribution is 1.01. The minimum Gasteiger partial charge on any atom is -0.264 e. The molecule has 1 aliphatic heterocycles. The van der Waals surface area contributed by atoms with Crippen LogP contribution in [-0.4, -0.2) is 16.4 Å². The van der Waals surface area contributed by atoms with Gasteiger partial charge in [-0.2, -0.15) is 0 Å². The van der Waals surface area contributed by atoms with E-state index in [0.717, 1.165) is 45.1 Å². The molecule has 2 unspecified atom stereocenters. The third-order valence-electron chi connectivity index (χ3n) is 11.3. The summed E-state index contributed by atoms with van der Waals surface area (Å²) in [5.41, 5.74) is 20.5. The quantitative estimate of drug-likeness (QED) is 0.181. The molecule has 0 radical (unpaired) electrons. The Hall–Kier alpha value is -6.97. The van der Waals surface area contributed by atoms with Gasteiger partial charge < -0.3 is 0 Å². The Bertz CT molecular complexity index is 2640. The highest BCUT2D eigenvalue weighted by Gasteiger charge is 2.32. The SMILES string of the molecule is c1ccc(C2c3ccccc3-c3cc(C4=Nc5ccncc5C(c5ccc6c(c5)-c5ccccc5C6c5ccccc5)=Nc5ccccc54)ccc32)cc1. The topological polar surface area (TPSA) is 37.6 Å². The second-order valence-electron chi connectivity index (χ2n) is 14.3. The largest absolute Gasteiger partial charge is 0.264 e. The summed E-state index contributed by atoms with van der Waals surface area (Å²) in [6, 6.07) is 63.4. The third-order valence-corrected chi connectivity index (χ3v) is 11.3. The fraction of sp³-hybridized carbons (Fsp3) is 0.0392. The van der Waals surface area contributed by atoms with Gasteiger partial charge in [0.25, 0.3) is 0 Å². The van der Waals surface area contributed by atoms with Gasteiger partial charge in [-0.1, -0.05) is 152 Å². The van der Waals surface area contributed by atoms with E-state index in [1.807, 2.05) is 18.5 Å². The fourth-order valence-corrected chi connectivity index (χ4v) is 8.95. The van der Waals surface area contributed by atoms with E-state index in [1.54, 1.807) is 0 Å². The molecule has 11 rings (SSSR count). The third kappa shape index (κ3) is 4.79. The summed E-state index contributed by atoms with van der Waals surface area (Å²) in [7, 11) is 0. The van der Waals surface area contributed by atoms with Gasteiger partial charge in [0.05, 0.1) is 22.8 Å². The molecule has 0 bridgehead atoms. The Labute approximate surface area is 314 Å². The molecule has 0 saturated carbocycles. The number of hydrogen-bond acceptors (Lipinski definition) is 3. The van der Waals surface area contributed by atoms with Crippen LogP contribution in [0.3, 0.4) is 0 Å². The first-order valence-electron chi connectivity index (χ1n) is 18.6. The molecular formula is C51H33N3. The first-order chi connectivity index (χ1) is 26.8. The summed E-state index contributed by atoms with van der Waals surface area (Å²) in [5.74, 6) is 0.383. The van der Waals surface area contributed by atoms with E-state index in [-0.39, 0.29) is 11.8 Å². The summed E-state index contributed by atoms with van der Waals surface area (Å²) in [6.45, 7) is 0. The minimum absolute atomic E-state index is 0.190. The number of fused-ring (bicyclic) bond motifs is 8. The average molecular weight is 688 g/mol. The Morgan fingerprint density at radius 2 is 0.778 bits per heavy atom. The average Bonchev–Trinajstić information content (AvgIpc) is 3.74. The van der Waals surface area contributed by atoms with E-state index in [4.69, 9.17) is 9.98 Å². The van der Waals surface area contributed by atoms with Crippen molar-refractivity contribution in [3.8, 4) is 22.3 Å². The van der Waals surface area contributed by atoms with Crippen LogP contribution in [0.25, 0.3) is 22.3 Å². The zero-order valence-electron chi connectivity index (χ0n) is 29.4. The highest BCUT2D eigenvalue weighted by atomic mass is 14.8. The van der Waals surface area contributed by atoms with E-state index in [0.29, 0.717) is 0 Å². The van der Waals surface area contributed by atoms with Crippen molar-refractivity contribution in [3.05, 3.63) is 244 Å². The van der Waals surface area contributed by atoms with Crippen molar-refractivity contribution in [2.24, 2.45) is 9.98 Å². The molecule has 3 nitrogen and oxygen atoms in total. The van der Waals surface area contributed by atoms with Crippen molar-refractivity contribution in [2.45, 2.75) is 11.8 Å². The van der Waals surface area contributed by atoms with Crippen LogP contribution in [0.2, 0.25) is 0 Å². The van der Waals surface area contributed by atoms with Gasteiger partial charge in [0, 0.05) is 46.5 Å². The second kappa shape index (κ2) is 12.3. The predicted molar refractivity (Wildman–Crippen MR) is 220 cm³/mol. The molecule has 0 fully saturated rings. The normalized spacial score (nSPS) is 16.0. The number of nitrogens with zero attached hydrogens (tertiary/aromatic N) is 3. The standard InChI is InChI=1S/C51H33N3/c1-3-13-32(14-4-1)48-38-19-9-7-17-36(38)43-29-34(23-25-40(43)48)50-42-21-11-12-22-46(42)53-51(45-31-52-28-27-47(45)54-50)35-24-26-41-44(30-35)37-18-8-10-20-39(37)49(41)33-15-5-2-6-16-33/h1-31,48-49H. The zero-order chi connectivity index (χ0) is 35.6. The molecule has 3 heteroatoms. The van der Waals surface area contributed by atoms with E-state index in [1.165, 1.54) is 55.6 Å². The van der Waals surface area contributed by atoms with Crippen molar-refractivity contribution in [3.63, 3.8) is 0 Å². The van der Waals surface area contributed by atoms with Crippen LogP contribution in [0, 0.1) is 0 Å². The van der Waals surface area contributed by atoms with Crippen molar-refractivity contribution < 1.29 is 0 Å². The molecule has 54 heavy (non-hydrogen) atoms. The van der Waals surface area contributed by atoms with Gasteiger partial charge in [-0.15, -0.1) is 0 Å². The van der Waals surface area contributed by atoms with Gasteiger partial charge in [-0.3, -0.25) is 4.98 Å². The summed E-state index contributed by atoms with van der Waals surface area (Å²) in [5, 5.41) is 0. The molecule has 2 heterocycles. The minimum atomic E-state index is 0.190. The molecule has 8 aromatic rings. The van der Waals surface area contributed by atoms with Crippen LogP contribution < -0.4 is 0 Å². The lowest BCUT2D eigenvalue weighted by Gasteiger charge is -2.19. The Morgan fingerprint density at radius 1 is 0.333 bits per heavy atom. The highest BCUT2D eigenvalue weighted by molar-refractivity contribution is 6.23. The van der Waals surface area contributed by atoms with Crippen LogP contribution in [0.5, 0.6) is 0 Å². The number of hydrogen-bond donors (Lipinski definition) is 0. The number of para-hydroxylation sites is 1. The first-order valence-corrected chi connectivity index (χ1v) is 18.6. The van der Waals surface area contributed by atoms with Crippen molar-refractivity contribution in [1.82, 2.24) is 4.98 Å². The van der Waals surface area contributed by atoms with Gasteiger partial charge in [-0.25, -0.2) is 9.98 Å². The molecule has 0 saturated heterocycles. The van der Waals surface area contributed by atoms with Crippen LogP contribution in [-0.2, 0) is 0 Å². The molecule has 252 valence electrons. The predicted octanol–water partition coefficient (Wildman–Crippen LogP) is 12.1. The molecule has 7 aromatic carbocycles. The summed E-state index contributed by atoms with van der Waals surface area (Å²) < 4.78 is 0. The van der Waals surface area contributed by atoms with Crippen LogP contribution in [0.4, 0.5) is 11.4 Å². The van der Waals surface area contributed by atoms with Crippen LogP contribution in [0.15, 0.2) is 198 Å². The number of rotatable bonds is 4. The molecule has 0 N–H and O–H groups in total. The molecule has 2 atom stereocenters. The lowest BCUT2D eigenvalue weighted by Crippen LogP contribution is -2.11. The summed E-state index contributed by atoms with van der Waals surface area (Å²) in [4.78, 5) is 15.6. The maximum atomic E-state index is 5.50. The maximum Gasteiger partial charge on any atom is 0.0819 e. The van der Waals surface area contributed by atoms with Crippen LogP contribution in [0.1, 0.15) is 67.5 Å². The van der Waals surface area contributed by atoms with Gasteiger partial charge in [-0.05, 0) is 79.9 Å². The van der Waals surface area contributed by atoms with E-state index in [2.05, 4.69) is 175 Å². The van der Waals surface area contributed by atoms with E-state index < -0.39 is 0 Å². The molecule has 3 aliphatic rings. The van der Waals surface area contributed by atoms with E-state index in [9.17, 15) is 0 Å². The Morgan fingerprint density at radius 3 is 1.35 bits per heavy atom. The van der Waals surface area contributed by atoms with Crippen molar-refractivity contribution in [2.75, 3.05) is 0 Å². The summed E-state index contributed by atoms with van der Waals surface area (Å²) in [6.07, 6.45) is 3.75. The number of pyridine rings is 1. The van der Waals surface area contributed by atoms with Gasteiger partial charge >= 0.3 is 0 Å². The van der Waals surface area contributed by atoms with Crippen molar-refractivity contribution in [1.29, 1.82) is 0 Å². The van der Waals surface area contributed by atoms with Gasteiger partial charge in [0.15, 0.2) is 0 Å². The molecule has 0 spiro atoms. The lowest BCUT2D eigenvalue weighted by atomic mass is 9.88. The Kier molecular flexibility index (Phi) is 6.99. The number of aromatic nitrogens is 1. The van der Waals surface area contributed by atoms with Gasteiger partial charge in [0.1, 0.15) is 0 Å². The molecule has 1 aromatic heterocycles. The van der Waals surface area contributed by atoms with Crippen molar-refractivity contribution >= 4 is 22.8 Å². The number of aliphatic imine (C=N–C) groups is 2. The Balaban J connectivity index is 1.06. The smallest absolute Gasteiger partial charge is 0.0819 e. The fourth-order valence-electron chi connectivity index (χ4n) is 8.95. The van der Waals surface area contributed by atoms with Gasteiger partial charge in [0.2, 0.25) is 0 Å². The zero-order valence-corrected chi connectivity index (χ0v) is 29.4.